The summed E-state index contributed by atoms with van der Waals surface area (Å²) < 4.78 is 5.70. The molecule has 0 aliphatic rings. The number of para-hydroxylation sites is 1. The van der Waals surface area contributed by atoms with E-state index in [1.54, 1.807) is 11.8 Å². The molecule has 1 amide bonds. The second kappa shape index (κ2) is 10.2. The predicted octanol–water partition coefficient (Wildman–Crippen LogP) is 5.75. The first-order chi connectivity index (χ1) is 13.6. The van der Waals surface area contributed by atoms with Crippen LogP contribution in [0.5, 0.6) is 5.75 Å². The largest absolute Gasteiger partial charge is 0.491 e. The quantitative estimate of drug-likeness (QED) is 0.379. The second-order valence-electron chi connectivity index (χ2n) is 6.31. The fourth-order valence-electron chi connectivity index (χ4n) is 2.60. The third-order valence-corrected chi connectivity index (χ3v) is 5.51. The van der Waals surface area contributed by atoms with Crippen LogP contribution in [0, 0.1) is 6.92 Å². The number of benzene rings is 3. The number of hydrogen-bond acceptors (Lipinski definition) is 3. The third-order valence-electron chi connectivity index (χ3n) is 4.17. The van der Waals surface area contributed by atoms with Gasteiger partial charge in [-0.25, -0.2) is 0 Å². The molecular formula is C23H22ClNO2S. The number of hydrogen-bond donors (Lipinski definition) is 1. The number of amides is 1. The summed E-state index contributed by atoms with van der Waals surface area (Å²) in [6.45, 7) is 2.90. The van der Waals surface area contributed by atoms with Gasteiger partial charge in [0, 0.05) is 21.2 Å². The molecule has 0 aliphatic heterocycles. The van der Waals surface area contributed by atoms with Gasteiger partial charge in [0.1, 0.15) is 12.4 Å². The second-order valence-corrected chi connectivity index (χ2v) is 7.79. The Balaban J connectivity index is 1.43. The first-order valence-corrected chi connectivity index (χ1v) is 10.4. The van der Waals surface area contributed by atoms with Gasteiger partial charge in [0.15, 0.2) is 0 Å². The topological polar surface area (TPSA) is 38.3 Å². The van der Waals surface area contributed by atoms with E-state index in [1.807, 2.05) is 79.7 Å². The molecule has 0 atom stereocenters. The van der Waals surface area contributed by atoms with Crippen molar-refractivity contribution in [1.82, 2.24) is 5.32 Å². The van der Waals surface area contributed by atoms with Crippen molar-refractivity contribution in [2.24, 2.45) is 0 Å². The molecule has 0 aliphatic carbocycles. The average Bonchev–Trinajstić information content (AvgIpc) is 2.72. The molecule has 0 heterocycles. The Hall–Kier alpha value is -2.43. The average molecular weight is 412 g/mol. The van der Waals surface area contributed by atoms with E-state index in [-0.39, 0.29) is 5.91 Å². The lowest BCUT2D eigenvalue weighted by atomic mass is 10.1. The van der Waals surface area contributed by atoms with Crippen LogP contribution < -0.4 is 10.1 Å². The maximum absolute atomic E-state index is 12.3. The van der Waals surface area contributed by atoms with Crippen molar-refractivity contribution in [3.63, 3.8) is 0 Å². The summed E-state index contributed by atoms with van der Waals surface area (Å²) in [5.41, 5.74) is 2.90. The van der Waals surface area contributed by atoms with Crippen molar-refractivity contribution in [2.75, 3.05) is 13.2 Å². The number of carbonyl (C=O) groups is 1. The molecule has 0 fully saturated rings. The van der Waals surface area contributed by atoms with Gasteiger partial charge in [-0.05, 0) is 60.5 Å². The molecule has 3 aromatic carbocycles. The van der Waals surface area contributed by atoms with E-state index in [0.717, 1.165) is 22.1 Å². The summed E-state index contributed by atoms with van der Waals surface area (Å²) in [7, 11) is 0. The van der Waals surface area contributed by atoms with Crippen LogP contribution in [0.1, 0.15) is 21.5 Å². The van der Waals surface area contributed by atoms with Crippen molar-refractivity contribution in [3.05, 3.63) is 94.5 Å². The van der Waals surface area contributed by atoms with Gasteiger partial charge < -0.3 is 10.1 Å². The maximum Gasteiger partial charge on any atom is 0.251 e. The lowest BCUT2D eigenvalue weighted by Crippen LogP contribution is -2.28. The Morgan fingerprint density at radius 3 is 2.43 bits per heavy atom. The smallest absolute Gasteiger partial charge is 0.251 e. The Morgan fingerprint density at radius 2 is 1.71 bits per heavy atom. The van der Waals surface area contributed by atoms with E-state index in [4.69, 9.17) is 16.3 Å². The van der Waals surface area contributed by atoms with E-state index >= 15 is 0 Å². The van der Waals surface area contributed by atoms with Crippen molar-refractivity contribution in [3.8, 4) is 5.75 Å². The summed E-state index contributed by atoms with van der Waals surface area (Å²) in [6.07, 6.45) is 0. The lowest BCUT2D eigenvalue weighted by molar-refractivity contribution is 0.0947. The molecule has 0 radical (unpaired) electrons. The number of ether oxygens (including phenoxy) is 1. The molecule has 1 N–H and O–H groups in total. The third kappa shape index (κ3) is 6.04. The normalized spacial score (nSPS) is 10.5. The molecule has 3 rings (SSSR count). The first-order valence-electron chi connectivity index (χ1n) is 9.06. The highest BCUT2D eigenvalue weighted by Gasteiger charge is 2.06. The molecule has 0 spiro atoms. The molecule has 0 bridgehead atoms. The number of aryl methyl sites for hydroxylation is 1. The lowest BCUT2D eigenvalue weighted by Gasteiger charge is -2.10. The van der Waals surface area contributed by atoms with Crippen LogP contribution in [0.4, 0.5) is 0 Å². The van der Waals surface area contributed by atoms with Gasteiger partial charge in [-0.3, -0.25) is 4.79 Å². The Bertz CT molecular complexity index is 911. The van der Waals surface area contributed by atoms with Gasteiger partial charge >= 0.3 is 0 Å². The zero-order valence-corrected chi connectivity index (χ0v) is 17.2. The van der Waals surface area contributed by atoms with Gasteiger partial charge in [0.2, 0.25) is 0 Å². The summed E-state index contributed by atoms with van der Waals surface area (Å²) in [5, 5.41) is 3.63. The van der Waals surface area contributed by atoms with Crippen molar-refractivity contribution >= 4 is 29.3 Å². The predicted molar refractivity (Wildman–Crippen MR) is 116 cm³/mol. The minimum Gasteiger partial charge on any atom is -0.491 e. The molecule has 28 heavy (non-hydrogen) atoms. The minimum atomic E-state index is -0.0923. The van der Waals surface area contributed by atoms with Crippen LogP contribution >= 0.6 is 23.4 Å². The molecule has 5 heteroatoms. The highest BCUT2D eigenvalue weighted by molar-refractivity contribution is 7.98. The van der Waals surface area contributed by atoms with Gasteiger partial charge in [-0.2, -0.15) is 0 Å². The Kier molecular flexibility index (Phi) is 7.40. The van der Waals surface area contributed by atoms with Crippen LogP contribution in [0.3, 0.4) is 0 Å². The van der Waals surface area contributed by atoms with Crippen molar-refractivity contribution in [1.29, 1.82) is 0 Å². The van der Waals surface area contributed by atoms with Crippen LogP contribution in [0.15, 0.2) is 77.7 Å². The van der Waals surface area contributed by atoms with Gasteiger partial charge in [-0.15, -0.1) is 11.8 Å². The molecule has 144 valence electrons. The number of rotatable bonds is 8. The van der Waals surface area contributed by atoms with Crippen LogP contribution in [0.2, 0.25) is 5.02 Å². The van der Waals surface area contributed by atoms with E-state index < -0.39 is 0 Å². The fraction of sp³-hybridized carbons (Fsp3) is 0.174. The number of halogens is 1. The summed E-state index contributed by atoms with van der Waals surface area (Å²) in [6, 6.07) is 23.3. The fourth-order valence-corrected chi connectivity index (χ4v) is 3.58. The van der Waals surface area contributed by atoms with Crippen LogP contribution in [-0.2, 0) is 5.75 Å². The summed E-state index contributed by atoms with van der Waals surface area (Å²) in [4.78, 5) is 13.4. The molecule has 3 nitrogen and oxygen atoms in total. The van der Waals surface area contributed by atoms with E-state index in [9.17, 15) is 4.79 Å². The van der Waals surface area contributed by atoms with Crippen LogP contribution in [-0.4, -0.2) is 19.1 Å². The van der Waals surface area contributed by atoms with Crippen molar-refractivity contribution < 1.29 is 9.53 Å². The maximum atomic E-state index is 12.3. The van der Waals surface area contributed by atoms with Gasteiger partial charge in [-0.1, -0.05) is 41.9 Å². The molecule has 0 aromatic heterocycles. The molecular weight excluding hydrogens is 390 g/mol. The Morgan fingerprint density at radius 1 is 1.00 bits per heavy atom. The van der Waals surface area contributed by atoms with Crippen molar-refractivity contribution in [2.45, 2.75) is 17.6 Å². The zero-order chi connectivity index (χ0) is 19.8. The zero-order valence-electron chi connectivity index (χ0n) is 15.7. The summed E-state index contributed by atoms with van der Waals surface area (Å²) in [5.74, 6) is 1.60. The van der Waals surface area contributed by atoms with Crippen LogP contribution in [0.25, 0.3) is 0 Å². The van der Waals surface area contributed by atoms with E-state index in [0.29, 0.717) is 18.7 Å². The Labute approximate surface area is 175 Å². The van der Waals surface area contributed by atoms with E-state index in [2.05, 4.69) is 5.32 Å². The first kappa shape index (κ1) is 20.3. The summed E-state index contributed by atoms with van der Waals surface area (Å²) >= 11 is 7.64. The number of nitrogens with one attached hydrogen (secondary N) is 1. The monoisotopic (exact) mass is 411 g/mol. The number of carbonyl (C=O) groups excluding carboxylic acids is 1. The van der Waals surface area contributed by atoms with Gasteiger partial charge in [0.25, 0.3) is 5.91 Å². The molecule has 0 saturated carbocycles. The SMILES string of the molecule is Cc1ccccc1OCCNC(=O)c1ccc(CSc2ccc(Cl)cc2)cc1. The molecule has 0 unspecified atom stereocenters. The number of thioether (sulfide) groups is 1. The highest BCUT2D eigenvalue weighted by atomic mass is 35.5. The molecule has 3 aromatic rings. The standard InChI is InChI=1S/C23H22ClNO2S/c1-17-4-2-3-5-22(17)27-15-14-25-23(26)19-8-6-18(7-9-19)16-28-21-12-10-20(24)11-13-21/h2-13H,14-16H2,1H3,(H,25,26). The minimum absolute atomic E-state index is 0.0923. The highest BCUT2D eigenvalue weighted by Crippen LogP contribution is 2.24. The molecule has 0 saturated heterocycles. The van der Waals surface area contributed by atoms with Gasteiger partial charge in [0.05, 0.1) is 6.54 Å². The van der Waals surface area contributed by atoms with E-state index in [1.165, 1.54) is 10.5 Å².